The van der Waals surface area contributed by atoms with Crippen LogP contribution < -0.4 is 15.5 Å². The number of anilines is 2. The van der Waals surface area contributed by atoms with Crippen LogP contribution in [0.2, 0.25) is 0 Å². The molecular weight excluding hydrogens is 434 g/mol. The van der Waals surface area contributed by atoms with E-state index >= 15 is 0 Å². The van der Waals surface area contributed by atoms with Gasteiger partial charge in [0, 0.05) is 47.6 Å². The number of hydrogen-bond donors (Lipinski definition) is 2. The van der Waals surface area contributed by atoms with Crippen molar-refractivity contribution in [1.82, 2.24) is 15.3 Å². The average Bonchev–Trinajstić information content (AvgIpc) is 2.87. The van der Waals surface area contributed by atoms with Crippen molar-refractivity contribution in [3.8, 4) is 11.4 Å². The van der Waals surface area contributed by atoms with Gasteiger partial charge in [-0.3, -0.25) is 0 Å². The van der Waals surface area contributed by atoms with Crippen LogP contribution in [0.5, 0.6) is 0 Å². The van der Waals surface area contributed by atoms with E-state index in [2.05, 4.69) is 33.7 Å². The lowest BCUT2D eigenvalue weighted by molar-refractivity contribution is 0.122. The van der Waals surface area contributed by atoms with E-state index in [1.165, 1.54) is 4.90 Å². The first-order valence-electron chi connectivity index (χ1n) is 11.2. The number of carbonyl (C=O) groups excluding carboxylic acids is 1. The van der Waals surface area contributed by atoms with E-state index in [0.29, 0.717) is 25.6 Å². The molecule has 1 aromatic heterocycles. The summed E-state index contributed by atoms with van der Waals surface area (Å²) in [6.07, 6.45) is 0.897. The number of urea groups is 1. The van der Waals surface area contributed by atoms with Crippen LogP contribution in [0.1, 0.15) is 19.0 Å². The van der Waals surface area contributed by atoms with Crippen LogP contribution in [-0.4, -0.2) is 48.8 Å². The number of carbonyl (C=O) groups is 1. The van der Waals surface area contributed by atoms with Gasteiger partial charge < -0.3 is 20.3 Å². The van der Waals surface area contributed by atoms with Gasteiger partial charge in [-0.05, 0) is 42.8 Å². The zero-order valence-electron chi connectivity index (χ0n) is 18.8. The number of hydrogen-bond acceptors (Lipinski definition) is 6. The number of aromatic nitrogens is 2. The molecule has 2 aromatic carbocycles. The third-order valence-corrected chi connectivity index (χ3v) is 6.21. The molecule has 2 N–H and O–H groups in total. The molecule has 0 aliphatic carbocycles. The molecule has 8 heteroatoms. The zero-order valence-corrected chi connectivity index (χ0v) is 19.6. The molecule has 0 spiro atoms. The van der Waals surface area contributed by atoms with Crippen LogP contribution in [0.4, 0.5) is 16.3 Å². The van der Waals surface area contributed by atoms with Crippen molar-refractivity contribution in [2.45, 2.75) is 24.0 Å². The summed E-state index contributed by atoms with van der Waals surface area (Å²) in [5.41, 5.74) is 2.63. The molecule has 1 aliphatic rings. The van der Waals surface area contributed by atoms with Crippen molar-refractivity contribution in [2.24, 2.45) is 0 Å². The third kappa shape index (κ3) is 6.69. The molecule has 2 amide bonds. The van der Waals surface area contributed by atoms with E-state index in [1.807, 2.05) is 49.4 Å². The summed E-state index contributed by atoms with van der Waals surface area (Å²) in [6.45, 7) is 5.71. The molecule has 4 rings (SSSR count). The molecule has 172 valence electrons. The second-order valence-electron chi connectivity index (χ2n) is 7.70. The highest BCUT2D eigenvalue weighted by atomic mass is 32.2. The Hall–Kier alpha value is -3.10. The normalized spacial score (nSPS) is 13.5. The van der Waals surface area contributed by atoms with E-state index in [0.717, 1.165) is 48.0 Å². The molecule has 1 fully saturated rings. The van der Waals surface area contributed by atoms with E-state index in [1.54, 1.807) is 11.8 Å². The molecule has 3 aromatic rings. The SMILES string of the molecule is CCCNC(=O)Nc1ccc(-c2nc(CSc3ccccc3)cc(N3CCOCC3)n2)cc1. The van der Waals surface area contributed by atoms with Crippen molar-refractivity contribution in [2.75, 3.05) is 43.1 Å². The van der Waals surface area contributed by atoms with Crippen LogP contribution in [0.3, 0.4) is 0 Å². The highest BCUT2D eigenvalue weighted by molar-refractivity contribution is 7.98. The molecule has 7 nitrogen and oxygen atoms in total. The monoisotopic (exact) mass is 463 g/mol. The van der Waals surface area contributed by atoms with E-state index in [9.17, 15) is 4.79 Å². The smallest absolute Gasteiger partial charge is 0.319 e. The standard InChI is InChI=1S/C25H29N5O2S/c1-2-12-26-25(31)28-20-10-8-19(9-11-20)24-27-21(18-33-22-6-4-3-5-7-22)17-23(29-24)30-13-15-32-16-14-30/h3-11,17H,2,12-16,18H2,1H3,(H2,26,28,31). The van der Waals surface area contributed by atoms with Gasteiger partial charge in [0.05, 0.1) is 18.9 Å². The summed E-state index contributed by atoms with van der Waals surface area (Å²) < 4.78 is 5.51. The number of amides is 2. The van der Waals surface area contributed by atoms with Gasteiger partial charge in [-0.1, -0.05) is 25.1 Å². The summed E-state index contributed by atoms with van der Waals surface area (Å²) in [7, 11) is 0. The minimum atomic E-state index is -0.199. The first kappa shape index (κ1) is 23.1. The van der Waals surface area contributed by atoms with Gasteiger partial charge in [-0.2, -0.15) is 0 Å². The fourth-order valence-corrected chi connectivity index (χ4v) is 4.24. The van der Waals surface area contributed by atoms with Crippen molar-refractivity contribution < 1.29 is 9.53 Å². The maximum absolute atomic E-state index is 11.9. The number of nitrogens with zero attached hydrogens (tertiary/aromatic N) is 3. The Morgan fingerprint density at radius 2 is 1.82 bits per heavy atom. The Kier molecular flexibility index (Phi) is 8.16. The average molecular weight is 464 g/mol. The predicted molar refractivity (Wildman–Crippen MR) is 134 cm³/mol. The molecular formula is C25H29N5O2S. The van der Waals surface area contributed by atoms with E-state index in [-0.39, 0.29) is 6.03 Å². The van der Waals surface area contributed by atoms with Crippen LogP contribution in [0, 0.1) is 0 Å². The van der Waals surface area contributed by atoms with Crippen molar-refractivity contribution in [3.63, 3.8) is 0 Å². The molecule has 0 radical (unpaired) electrons. The van der Waals surface area contributed by atoms with Gasteiger partial charge in [0.2, 0.25) is 0 Å². The van der Waals surface area contributed by atoms with E-state index in [4.69, 9.17) is 14.7 Å². The predicted octanol–water partition coefficient (Wildman–Crippen LogP) is 4.80. The van der Waals surface area contributed by atoms with Gasteiger partial charge in [-0.25, -0.2) is 14.8 Å². The zero-order chi connectivity index (χ0) is 22.9. The topological polar surface area (TPSA) is 79.4 Å². The molecule has 33 heavy (non-hydrogen) atoms. The van der Waals surface area contributed by atoms with Gasteiger partial charge in [0.25, 0.3) is 0 Å². The Balaban J connectivity index is 1.54. The maximum Gasteiger partial charge on any atom is 0.319 e. The van der Waals surface area contributed by atoms with Crippen LogP contribution in [0.15, 0.2) is 65.6 Å². The molecule has 0 bridgehead atoms. The summed E-state index contributed by atoms with van der Waals surface area (Å²) >= 11 is 1.76. The van der Waals surface area contributed by atoms with Crippen molar-refractivity contribution in [3.05, 3.63) is 66.4 Å². The number of rotatable bonds is 8. The van der Waals surface area contributed by atoms with E-state index < -0.39 is 0 Å². The summed E-state index contributed by atoms with van der Waals surface area (Å²) in [6, 6.07) is 19.9. The van der Waals surface area contributed by atoms with Crippen molar-refractivity contribution in [1.29, 1.82) is 0 Å². The lowest BCUT2D eigenvalue weighted by atomic mass is 10.2. The Labute approximate surface area is 199 Å². The molecule has 0 saturated carbocycles. The minimum Gasteiger partial charge on any atom is -0.378 e. The highest BCUT2D eigenvalue weighted by Crippen LogP contribution is 2.27. The van der Waals surface area contributed by atoms with Gasteiger partial charge in [0.1, 0.15) is 5.82 Å². The number of thioether (sulfide) groups is 1. The molecule has 1 aliphatic heterocycles. The second kappa shape index (κ2) is 11.7. The van der Waals surface area contributed by atoms with Crippen LogP contribution in [-0.2, 0) is 10.5 Å². The fourth-order valence-electron chi connectivity index (χ4n) is 3.43. The van der Waals surface area contributed by atoms with Gasteiger partial charge in [-0.15, -0.1) is 11.8 Å². The quantitative estimate of drug-likeness (QED) is 0.467. The number of morpholine rings is 1. The molecule has 0 atom stereocenters. The first-order chi connectivity index (χ1) is 16.2. The summed E-state index contributed by atoms with van der Waals surface area (Å²) in [4.78, 5) is 25.1. The summed E-state index contributed by atoms with van der Waals surface area (Å²) in [5.74, 6) is 2.37. The number of benzene rings is 2. The van der Waals surface area contributed by atoms with Gasteiger partial charge >= 0.3 is 6.03 Å². The van der Waals surface area contributed by atoms with Crippen LogP contribution >= 0.6 is 11.8 Å². The first-order valence-corrected chi connectivity index (χ1v) is 12.2. The van der Waals surface area contributed by atoms with Crippen LogP contribution in [0.25, 0.3) is 11.4 Å². The summed E-state index contributed by atoms with van der Waals surface area (Å²) in [5, 5.41) is 5.67. The lowest BCUT2D eigenvalue weighted by Gasteiger charge is -2.28. The Morgan fingerprint density at radius 1 is 1.06 bits per heavy atom. The van der Waals surface area contributed by atoms with Crippen molar-refractivity contribution >= 4 is 29.3 Å². The highest BCUT2D eigenvalue weighted by Gasteiger charge is 2.16. The minimum absolute atomic E-state index is 0.199. The Morgan fingerprint density at radius 3 is 2.55 bits per heavy atom. The molecule has 0 unspecified atom stereocenters. The largest absolute Gasteiger partial charge is 0.378 e. The second-order valence-corrected chi connectivity index (χ2v) is 8.75. The fraction of sp³-hybridized carbons (Fsp3) is 0.320. The molecule has 1 saturated heterocycles. The Bertz CT molecular complexity index is 1040. The maximum atomic E-state index is 11.9. The number of nitrogens with one attached hydrogen (secondary N) is 2. The number of ether oxygens (including phenoxy) is 1. The third-order valence-electron chi connectivity index (χ3n) is 5.17. The lowest BCUT2D eigenvalue weighted by Crippen LogP contribution is -2.37. The van der Waals surface area contributed by atoms with Gasteiger partial charge in [0.15, 0.2) is 5.82 Å². The molecule has 2 heterocycles.